The van der Waals surface area contributed by atoms with Gasteiger partial charge in [0.1, 0.15) is 0 Å². The summed E-state index contributed by atoms with van der Waals surface area (Å²) >= 11 is 0. The summed E-state index contributed by atoms with van der Waals surface area (Å²) in [6.45, 7) is 3.12. The first-order chi connectivity index (χ1) is 8.25. The number of benzene rings is 1. The normalized spacial score (nSPS) is 10.2. The highest BCUT2D eigenvalue weighted by molar-refractivity contribution is 5.42. The van der Waals surface area contributed by atoms with Crippen LogP contribution in [0.1, 0.15) is 5.69 Å². The lowest BCUT2D eigenvalue weighted by atomic mass is 10.3. The van der Waals surface area contributed by atoms with Crippen molar-refractivity contribution >= 4 is 5.69 Å². The van der Waals surface area contributed by atoms with Gasteiger partial charge in [-0.05, 0) is 25.1 Å². The van der Waals surface area contributed by atoms with Crippen LogP contribution >= 0.6 is 0 Å². The van der Waals surface area contributed by atoms with Gasteiger partial charge in [0, 0.05) is 18.3 Å². The van der Waals surface area contributed by atoms with Crippen LogP contribution in [0.5, 0.6) is 0 Å². The number of nitrogens with one attached hydrogen (secondary N) is 1. The maximum atomic E-state index is 11.5. The van der Waals surface area contributed by atoms with Gasteiger partial charge < -0.3 is 5.32 Å². The molecule has 4 heteroatoms. The third-order valence-corrected chi connectivity index (χ3v) is 2.43. The van der Waals surface area contributed by atoms with Crippen molar-refractivity contribution in [3.05, 3.63) is 58.5 Å². The van der Waals surface area contributed by atoms with Gasteiger partial charge in [-0.15, -0.1) is 0 Å². The topological polar surface area (TPSA) is 46.9 Å². The Kier molecular flexibility index (Phi) is 3.55. The lowest BCUT2D eigenvalue weighted by Gasteiger charge is -2.07. The van der Waals surface area contributed by atoms with Crippen molar-refractivity contribution in [2.24, 2.45) is 0 Å². The smallest absolute Gasteiger partial charge is 0.266 e. The molecular weight excluding hydrogens is 214 g/mol. The van der Waals surface area contributed by atoms with Gasteiger partial charge in [-0.2, -0.15) is 5.10 Å². The Hall–Kier alpha value is -2.10. The number of aryl methyl sites for hydroxylation is 1. The summed E-state index contributed by atoms with van der Waals surface area (Å²) in [5.41, 5.74) is 1.84. The largest absolute Gasteiger partial charge is 0.383 e. The summed E-state index contributed by atoms with van der Waals surface area (Å²) in [4.78, 5) is 11.5. The zero-order valence-corrected chi connectivity index (χ0v) is 9.76. The second-order valence-corrected chi connectivity index (χ2v) is 3.83. The molecule has 0 saturated carbocycles. The third-order valence-electron chi connectivity index (χ3n) is 2.43. The van der Waals surface area contributed by atoms with Gasteiger partial charge >= 0.3 is 0 Å². The molecule has 2 rings (SSSR count). The summed E-state index contributed by atoms with van der Waals surface area (Å²) in [6, 6.07) is 13.2. The van der Waals surface area contributed by atoms with Gasteiger partial charge in [-0.3, -0.25) is 4.79 Å². The van der Waals surface area contributed by atoms with Crippen LogP contribution in [0.3, 0.4) is 0 Å². The van der Waals surface area contributed by atoms with Crippen LogP contribution in [0.25, 0.3) is 0 Å². The number of para-hydroxylation sites is 1. The minimum Gasteiger partial charge on any atom is -0.383 e. The lowest BCUT2D eigenvalue weighted by Crippen LogP contribution is -2.25. The van der Waals surface area contributed by atoms with E-state index in [1.165, 1.54) is 4.68 Å². The van der Waals surface area contributed by atoms with Crippen LogP contribution in [0.4, 0.5) is 5.69 Å². The SMILES string of the molecule is Cc1ccc(=O)n(CCNc2ccccc2)n1. The van der Waals surface area contributed by atoms with E-state index in [9.17, 15) is 4.79 Å². The van der Waals surface area contributed by atoms with Crippen LogP contribution in [-0.4, -0.2) is 16.3 Å². The molecule has 1 N–H and O–H groups in total. The van der Waals surface area contributed by atoms with E-state index in [4.69, 9.17) is 0 Å². The van der Waals surface area contributed by atoms with Crippen molar-refractivity contribution in [3.8, 4) is 0 Å². The van der Waals surface area contributed by atoms with Crippen molar-refractivity contribution in [1.29, 1.82) is 0 Å². The van der Waals surface area contributed by atoms with Crippen molar-refractivity contribution < 1.29 is 0 Å². The predicted octanol–water partition coefficient (Wildman–Crippen LogP) is 1.66. The standard InChI is InChI=1S/C13H15N3O/c1-11-7-8-13(17)16(15-11)10-9-14-12-5-3-2-4-6-12/h2-8,14H,9-10H2,1H3. The average Bonchev–Trinajstić information content (AvgIpc) is 2.35. The van der Waals surface area contributed by atoms with Crippen LogP contribution in [0, 0.1) is 6.92 Å². The first kappa shape index (κ1) is 11.4. The van der Waals surface area contributed by atoms with E-state index >= 15 is 0 Å². The molecule has 1 aromatic heterocycles. The van der Waals surface area contributed by atoms with Gasteiger partial charge in [-0.25, -0.2) is 4.68 Å². The highest BCUT2D eigenvalue weighted by atomic mass is 16.1. The average molecular weight is 229 g/mol. The number of aromatic nitrogens is 2. The molecule has 0 saturated heterocycles. The van der Waals surface area contributed by atoms with Crippen LogP contribution in [0.15, 0.2) is 47.3 Å². The summed E-state index contributed by atoms with van der Waals surface area (Å²) in [7, 11) is 0. The molecular formula is C13H15N3O. The molecule has 0 atom stereocenters. The lowest BCUT2D eigenvalue weighted by molar-refractivity contribution is 0.589. The van der Waals surface area contributed by atoms with E-state index < -0.39 is 0 Å². The van der Waals surface area contributed by atoms with Crippen molar-refractivity contribution in [2.75, 3.05) is 11.9 Å². The highest BCUT2D eigenvalue weighted by Crippen LogP contribution is 2.03. The van der Waals surface area contributed by atoms with Gasteiger partial charge in [-0.1, -0.05) is 18.2 Å². The Morgan fingerprint density at radius 1 is 1.18 bits per heavy atom. The summed E-state index contributed by atoms with van der Waals surface area (Å²) in [6.07, 6.45) is 0. The molecule has 17 heavy (non-hydrogen) atoms. The van der Waals surface area contributed by atoms with E-state index in [2.05, 4.69) is 10.4 Å². The van der Waals surface area contributed by atoms with E-state index in [1.807, 2.05) is 37.3 Å². The predicted molar refractivity (Wildman–Crippen MR) is 68.2 cm³/mol. The number of nitrogens with zero attached hydrogens (tertiary/aromatic N) is 2. The minimum atomic E-state index is -0.0644. The minimum absolute atomic E-state index is 0.0644. The number of rotatable bonds is 4. The second-order valence-electron chi connectivity index (χ2n) is 3.83. The van der Waals surface area contributed by atoms with E-state index in [-0.39, 0.29) is 5.56 Å². The molecule has 0 fully saturated rings. The fourth-order valence-corrected chi connectivity index (χ4v) is 1.57. The van der Waals surface area contributed by atoms with Crippen molar-refractivity contribution in [1.82, 2.24) is 9.78 Å². The molecule has 0 radical (unpaired) electrons. The van der Waals surface area contributed by atoms with Gasteiger partial charge in [0.2, 0.25) is 0 Å². The Morgan fingerprint density at radius 2 is 1.94 bits per heavy atom. The molecule has 1 heterocycles. The Bertz CT molecular complexity index is 534. The quantitative estimate of drug-likeness (QED) is 0.867. The van der Waals surface area contributed by atoms with Crippen LogP contribution < -0.4 is 10.9 Å². The van der Waals surface area contributed by atoms with Gasteiger partial charge in [0.15, 0.2) is 0 Å². The van der Waals surface area contributed by atoms with E-state index in [0.29, 0.717) is 13.1 Å². The molecule has 88 valence electrons. The summed E-state index contributed by atoms with van der Waals surface area (Å²) in [5, 5.41) is 7.41. The van der Waals surface area contributed by atoms with Crippen LogP contribution in [0.2, 0.25) is 0 Å². The molecule has 2 aromatic rings. The van der Waals surface area contributed by atoms with Gasteiger partial charge in [0.05, 0.1) is 12.2 Å². The van der Waals surface area contributed by atoms with E-state index in [0.717, 1.165) is 11.4 Å². The second kappa shape index (κ2) is 5.30. The van der Waals surface area contributed by atoms with Gasteiger partial charge in [0.25, 0.3) is 5.56 Å². The van der Waals surface area contributed by atoms with Crippen molar-refractivity contribution in [2.45, 2.75) is 13.5 Å². The third kappa shape index (κ3) is 3.17. The Morgan fingerprint density at radius 3 is 2.71 bits per heavy atom. The van der Waals surface area contributed by atoms with E-state index in [1.54, 1.807) is 12.1 Å². The maximum Gasteiger partial charge on any atom is 0.266 e. The fraction of sp³-hybridized carbons (Fsp3) is 0.231. The molecule has 0 amide bonds. The number of hydrogen-bond donors (Lipinski definition) is 1. The maximum absolute atomic E-state index is 11.5. The highest BCUT2D eigenvalue weighted by Gasteiger charge is 1.97. The molecule has 0 aliphatic rings. The Labute approximate surface area is 99.9 Å². The Balaban J connectivity index is 1.94. The summed E-state index contributed by atoms with van der Waals surface area (Å²) < 4.78 is 1.48. The van der Waals surface area contributed by atoms with Crippen LogP contribution in [-0.2, 0) is 6.54 Å². The molecule has 0 unspecified atom stereocenters. The molecule has 1 aromatic carbocycles. The molecule has 0 aliphatic heterocycles. The fourth-order valence-electron chi connectivity index (χ4n) is 1.57. The first-order valence-electron chi connectivity index (χ1n) is 5.59. The number of hydrogen-bond acceptors (Lipinski definition) is 3. The first-order valence-corrected chi connectivity index (χ1v) is 5.59. The molecule has 4 nitrogen and oxygen atoms in total. The molecule has 0 aliphatic carbocycles. The zero-order valence-electron chi connectivity index (χ0n) is 9.76. The molecule has 0 bridgehead atoms. The van der Waals surface area contributed by atoms with Crippen molar-refractivity contribution in [3.63, 3.8) is 0 Å². The molecule has 0 spiro atoms. The zero-order chi connectivity index (χ0) is 12.1. The summed E-state index contributed by atoms with van der Waals surface area (Å²) in [5.74, 6) is 0. The number of anilines is 1. The monoisotopic (exact) mass is 229 g/mol.